The van der Waals surface area contributed by atoms with Crippen molar-refractivity contribution in [3.63, 3.8) is 0 Å². The van der Waals surface area contributed by atoms with Crippen molar-refractivity contribution in [2.75, 3.05) is 0 Å². The molecule has 0 aromatic carbocycles. The molecule has 7 heteroatoms. The molecule has 0 aromatic heterocycles. The highest BCUT2D eigenvalue weighted by atomic mass is 16.6. The number of aliphatic hydroxyl groups excluding tert-OH is 5. The van der Waals surface area contributed by atoms with Crippen LogP contribution in [0.1, 0.15) is 0 Å². The summed E-state index contributed by atoms with van der Waals surface area (Å²) in [5.74, 6) is 0. The highest BCUT2D eigenvalue weighted by Crippen LogP contribution is 2.23. The van der Waals surface area contributed by atoms with Crippen molar-refractivity contribution in [2.45, 2.75) is 36.8 Å². The van der Waals surface area contributed by atoms with Gasteiger partial charge in [0.15, 0.2) is 12.4 Å². The summed E-state index contributed by atoms with van der Waals surface area (Å²) < 4.78 is 4.57. The predicted molar refractivity (Wildman–Crippen MR) is 40.5 cm³/mol. The minimum atomic E-state index is -1.74. The van der Waals surface area contributed by atoms with E-state index in [1.54, 1.807) is 0 Å². The summed E-state index contributed by atoms with van der Waals surface area (Å²) in [5, 5.41) is 53.6. The Labute approximate surface area is 79.4 Å². The van der Waals surface area contributed by atoms with Gasteiger partial charge in [0.1, 0.15) is 24.4 Å². The summed E-state index contributed by atoms with van der Waals surface area (Å²) in [7, 11) is 0. The van der Waals surface area contributed by atoms with Crippen molar-refractivity contribution >= 4 is 0 Å². The zero-order chi connectivity index (χ0) is 10.9. The van der Waals surface area contributed by atoms with Crippen molar-refractivity contribution in [2.24, 2.45) is 0 Å². The minimum Gasteiger partial charge on any atom is -0.387 e. The number of nitriles is 1. The van der Waals surface area contributed by atoms with E-state index in [0.717, 1.165) is 0 Å². The Morgan fingerprint density at radius 2 is 1.71 bits per heavy atom. The second kappa shape index (κ2) is 4.18. The standard InChI is InChI=1S/C7H11NO6/c8-1-2(9)3(10)6-4(11)5(12)7(13)14-6/h2-7,9-13H/t2?,3?,4-,5+,6+,7?/m0/s1. The van der Waals surface area contributed by atoms with Gasteiger partial charge in [-0.3, -0.25) is 0 Å². The molecule has 7 nitrogen and oxygen atoms in total. The average molecular weight is 205 g/mol. The topological polar surface area (TPSA) is 134 Å². The Balaban J connectivity index is 2.67. The van der Waals surface area contributed by atoms with Gasteiger partial charge in [-0.25, -0.2) is 0 Å². The Morgan fingerprint density at radius 3 is 2.07 bits per heavy atom. The number of rotatable bonds is 2. The average Bonchev–Trinajstić information content (AvgIpc) is 2.43. The van der Waals surface area contributed by atoms with Crippen LogP contribution in [-0.2, 0) is 4.74 Å². The third kappa shape index (κ3) is 1.85. The van der Waals surface area contributed by atoms with Crippen LogP contribution >= 0.6 is 0 Å². The van der Waals surface area contributed by atoms with E-state index in [1.165, 1.54) is 6.07 Å². The first kappa shape index (κ1) is 11.3. The highest BCUT2D eigenvalue weighted by Gasteiger charge is 2.47. The Bertz CT molecular complexity index is 241. The zero-order valence-corrected chi connectivity index (χ0v) is 7.06. The van der Waals surface area contributed by atoms with Gasteiger partial charge in [0.2, 0.25) is 0 Å². The lowest BCUT2D eigenvalue weighted by Gasteiger charge is -2.21. The second-order valence-electron chi connectivity index (χ2n) is 3.04. The van der Waals surface area contributed by atoms with Crippen LogP contribution in [0.2, 0.25) is 0 Å². The van der Waals surface area contributed by atoms with Crippen LogP contribution in [0, 0.1) is 11.3 Å². The first-order valence-corrected chi connectivity index (χ1v) is 3.94. The molecule has 0 aliphatic carbocycles. The van der Waals surface area contributed by atoms with Gasteiger partial charge >= 0.3 is 0 Å². The van der Waals surface area contributed by atoms with Crippen LogP contribution in [0.4, 0.5) is 0 Å². The van der Waals surface area contributed by atoms with E-state index in [9.17, 15) is 10.2 Å². The molecule has 1 fully saturated rings. The van der Waals surface area contributed by atoms with Crippen LogP contribution in [0.5, 0.6) is 0 Å². The molecule has 80 valence electrons. The fourth-order valence-electron chi connectivity index (χ4n) is 1.22. The quantitative estimate of drug-likeness (QED) is 0.297. The highest BCUT2D eigenvalue weighted by molar-refractivity contribution is 4.98. The molecular formula is C7H11NO6. The van der Waals surface area contributed by atoms with Crippen LogP contribution in [0.3, 0.4) is 0 Å². The van der Waals surface area contributed by atoms with E-state index in [1.807, 2.05) is 0 Å². The SMILES string of the molecule is N#CC(O)C(O)[C@H]1OC(O)[C@H](O)[C@@H]1O. The molecule has 6 atom stereocenters. The maximum absolute atomic E-state index is 9.24. The molecule has 0 aromatic rings. The Morgan fingerprint density at radius 1 is 1.14 bits per heavy atom. The van der Waals surface area contributed by atoms with Gasteiger partial charge in [-0.15, -0.1) is 0 Å². The van der Waals surface area contributed by atoms with Crippen molar-refractivity contribution in [1.29, 1.82) is 5.26 Å². The molecule has 1 heterocycles. The van der Waals surface area contributed by atoms with Crippen molar-refractivity contribution < 1.29 is 30.3 Å². The smallest absolute Gasteiger partial charge is 0.184 e. The molecule has 0 spiro atoms. The molecule has 14 heavy (non-hydrogen) atoms. The second-order valence-corrected chi connectivity index (χ2v) is 3.04. The van der Waals surface area contributed by atoms with E-state index in [4.69, 9.17) is 20.6 Å². The number of hydrogen-bond acceptors (Lipinski definition) is 7. The molecule has 0 amide bonds. The normalized spacial score (nSPS) is 41.7. The molecule has 0 radical (unpaired) electrons. The van der Waals surface area contributed by atoms with E-state index in [0.29, 0.717) is 0 Å². The number of nitrogens with zero attached hydrogens (tertiary/aromatic N) is 1. The maximum Gasteiger partial charge on any atom is 0.184 e. The van der Waals surface area contributed by atoms with Crippen LogP contribution < -0.4 is 0 Å². The Kier molecular flexibility index (Phi) is 3.38. The molecule has 1 aliphatic heterocycles. The van der Waals surface area contributed by atoms with Gasteiger partial charge in [0.05, 0.1) is 6.07 Å². The summed E-state index contributed by atoms with van der Waals surface area (Å²) in [5.41, 5.74) is 0. The lowest BCUT2D eigenvalue weighted by Crippen LogP contribution is -2.44. The third-order valence-corrected chi connectivity index (χ3v) is 2.07. The molecule has 0 bridgehead atoms. The molecule has 1 rings (SSSR count). The molecule has 5 N–H and O–H groups in total. The summed E-state index contributed by atoms with van der Waals surface area (Å²) in [6.07, 6.45) is -9.53. The molecule has 0 saturated carbocycles. The van der Waals surface area contributed by atoms with E-state index in [-0.39, 0.29) is 0 Å². The number of hydrogen-bond donors (Lipinski definition) is 5. The van der Waals surface area contributed by atoms with Gasteiger partial charge in [-0.2, -0.15) is 5.26 Å². The van der Waals surface area contributed by atoms with Gasteiger partial charge in [0.25, 0.3) is 0 Å². The maximum atomic E-state index is 9.24. The summed E-state index contributed by atoms with van der Waals surface area (Å²) in [6, 6.07) is 1.34. The summed E-state index contributed by atoms with van der Waals surface area (Å²) in [4.78, 5) is 0. The fourth-order valence-corrected chi connectivity index (χ4v) is 1.22. The lowest BCUT2D eigenvalue weighted by atomic mass is 10.0. The van der Waals surface area contributed by atoms with E-state index < -0.39 is 36.8 Å². The predicted octanol–water partition coefficient (Wildman–Crippen LogP) is -3.33. The first-order chi connectivity index (χ1) is 6.49. The van der Waals surface area contributed by atoms with Crippen LogP contribution in [-0.4, -0.2) is 62.3 Å². The minimum absolute atomic E-state index is 1.34. The fraction of sp³-hybridized carbons (Fsp3) is 0.857. The van der Waals surface area contributed by atoms with Crippen LogP contribution in [0.15, 0.2) is 0 Å². The van der Waals surface area contributed by atoms with Gasteiger partial charge < -0.3 is 30.3 Å². The first-order valence-electron chi connectivity index (χ1n) is 3.94. The molecular weight excluding hydrogens is 194 g/mol. The lowest BCUT2D eigenvalue weighted by molar-refractivity contribution is -0.155. The van der Waals surface area contributed by atoms with E-state index >= 15 is 0 Å². The van der Waals surface area contributed by atoms with Crippen LogP contribution in [0.25, 0.3) is 0 Å². The van der Waals surface area contributed by atoms with Crippen molar-refractivity contribution in [1.82, 2.24) is 0 Å². The Hall–Kier alpha value is -0.750. The van der Waals surface area contributed by atoms with E-state index in [2.05, 4.69) is 4.74 Å². The molecule has 3 unspecified atom stereocenters. The third-order valence-electron chi connectivity index (χ3n) is 2.07. The summed E-state index contributed by atoms with van der Waals surface area (Å²) in [6.45, 7) is 0. The largest absolute Gasteiger partial charge is 0.387 e. The molecule has 1 aliphatic rings. The van der Waals surface area contributed by atoms with Gasteiger partial charge in [0, 0.05) is 0 Å². The monoisotopic (exact) mass is 205 g/mol. The summed E-state index contributed by atoms with van der Waals surface area (Å²) >= 11 is 0. The van der Waals surface area contributed by atoms with Crippen molar-refractivity contribution in [3.8, 4) is 6.07 Å². The number of ether oxygens (including phenoxy) is 1. The van der Waals surface area contributed by atoms with Gasteiger partial charge in [-0.1, -0.05) is 0 Å². The zero-order valence-electron chi connectivity index (χ0n) is 7.06. The van der Waals surface area contributed by atoms with Crippen molar-refractivity contribution in [3.05, 3.63) is 0 Å². The number of aliphatic hydroxyl groups is 5. The molecule has 1 saturated heterocycles. The van der Waals surface area contributed by atoms with Gasteiger partial charge in [-0.05, 0) is 0 Å².